The summed E-state index contributed by atoms with van der Waals surface area (Å²) in [6.07, 6.45) is 1.02. The number of rotatable bonds is 5. The molecule has 0 rings (SSSR count). The van der Waals surface area contributed by atoms with Gasteiger partial charge in [-0.25, -0.2) is 0 Å². The summed E-state index contributed by atoms with van der Waals surface area (Å²) >= 11 is 18.3. The van der Waals surface area contributed by atoms with Gasteiger partial charge < -0.3 is 0 Å². The lowest BCUT2D eigenvalue weighted by molar-refractivity contribution is 0.430. The number of hydrogen-bond acceptors (Lipinski definition) is 0. The Morgan fingerprint density at radius 1 is 1.10 bits per heavy atom. The monoisotopic (exact) mass is 310 g/mol. The second-order valence-electron chi connectivity index (χ2n) is 2.34. The van der Waals surface area contributed by atoms with Gasteiger partial charge in [0.05, 0.1) is 0 Å². The molecular weight excluding hydrogens is 303 g/mol. The average molecular weight is 313 g/mol. The van der Waals surface area contributed by atoms with E-state index in [1.165, 1.54) is 0 Å². The third-order valence-corrected chi connectivity index (χ3v) is 4.20. The van der Waals surface area contributed by atoms with Gasteiger partial charge in [0, 0.05) is 27.8 Å². The average Bonchev–Trinajstić information content (AvgIpc) is 2.01. The molecule has 0 unspecified atom stereocenters. The van der Waals surface area contributed by atoms with Gasteiger partial charge in [0.2, 0.25) is 0 Å². The number of alkyl halides is 4. The van der Waals surface area contributed by atoms with Gasteiger partial charge in [0.15, 0.2) is 0 Å². The third kappa shape index (κ3) is 3.29. The van der Waals surface area contributed by atoms with E-state index in [0.29, 0.717) is 11.8 Å². The molecule has 0 nitrogen and oxygen atoms in total. The van der Waals surface area contributed by atoms with Crippen molar-refractivity contribution in [2.45, 2.75) is 6.42 Å². The molecule has 0 aliphatic carbocycles. The van der Waals surface area contributed by atoms with Crippen molar-refractivity contribution in [3.63, 3.8) is 0 Å². The summed E-state index contributed by atoms with van der Waals surface area (Å²) < 4.78 is 0. The van der Waals surface area contributed by atoms with Crippen LogP contribution in [0.5, 0.6) is 0 Å². The molecule has 0 N–H and O–H groups in total. The van der Waals surface area contributed by atoms with Gasteiger partial charge in [0.25, 0.3) is 0 Å². The molecule has 0 fully saturated rings. The van der Waals surface area contributed by atoms with E-state index in [9.17, 15) is 0 Å². The van der Waals surface area contributed by atoms with Gasteiger partial charge in [-0.3, -0.25) is 0 Å². The first-order valence-corrected chi connectivity index (χ1v) is 6.30. The Morgan fingerprint density at radius 2 is 1.60 bits per heavy atom. The Kier molecular flexibility index (Phi) is 7.04. The fourth-order valence-electron chi connectivity index (χ4n) is 0.508. The van der Waals surface area contributed by atoms with Crippen molar-refractivity contribution in [1.29, 1.82) is 0 Å². The van der Waals surface area contributed by atoms with Gasteiger partial charge >= 0.3 is 0 Å². The molecule has 0 radical (unpaired) electrons. The fraction of sp³-hybridized carbons (Fsp3) is 1.00. The minimum absolute atomic E-state index is 0.0760. The quantitative estimate of drug-likeness (QED) is 0.680. The molecule has 0 bridgehead atoms. The Balaban J connectivity index is 3.87. The van der Waals surface area contributed by atoms with E-state index in [1.54, 1.807) is 0 Å². The Bertz CT molecular complexity index is 75.6. The Labute approximate surface area is 88.9 Å². The summed E-state index contributed by atoms with van der Waals surface area (Å²) in [5.41, 5.74) is 0.0760. The highest BCUT2D eigenvalue weighted by atomic mass is 79.9. The third-order valence-electron chi connectivity index (χ3n) is 1.48. The van der Waals surface area contributed by atoms with E-state index in [4.69, 9.17) is 23.2 Å². The van der Waals surface area contributed by atoms with E-state index < -0.39 is 0 Å². The summed E-state index contributed by atoms with van der Waals surface area (Å²) in [5, 5.41) is 1.83. The van der Waals surface area contributed by atoms with Crippen LogP contribution in [0, 0.1) is 5.41 Å². The van der Waals surface area contributed by atoms with Crippen LogP contribution in [-0.4, -0.2) is 22.4 Å². The highest BCUT2D eigenvalue weighted by Crippen LogP contribution is 2.28. The van der Waals surface area contributed by atoms with Crippen molar-refractivity contribution in [3.8, 4) is 0 Å². The molecule has 0 saturated carbocycles. The van der Waals surface area contributed by atoms with Crippen LogP contribution in [-0.2, 0) is 0 Å². The minimum atomic E-state index is 0.0760. The van der Waals surface area contributed by atoms with Crippen LogP contribution in [0.25, 0.3) is 0 Å². The molecule has 0 aromatic rings. The smallest absolute Gasteiger partial charge is 0.0299 e. The summed E-state index contributed by atoms with van der Waals surface area (Å²) in [5.74, 6) is 1.24. The lowest BCUT2D eigenvalue weighted by Gasteiger charge is -2.25. The van der Waals surface area contributed by atoms with Crippen molar-refractivity contribution in [1.82, 2.24) is 0 Å². The van der Waals surface area contributed by atoms with Gasteiger partial charge in [-0.1, -0.05) is 31.9 Å². The van der Waals surface area contributed by atoms with E-state index in [1.807, 2.05) is 0 Å². The standard InChI is InChI=1S/C6H10Br2Cl2/c7-2-1-6(3-8,4-9)5-10/h1-5H2. The van der Waals surface area contributed by atoms with Crippen molar-refractivity contribution >= 4 is 55.1 Å². The molecule has 62 valence electrons. The molecule has 0 aliphatic heterocycles. The van der Waals surface area contributed by atoms with Crippen molar-refractivity contribution in [2.75, 3.05) is 22.4 Å². The predicted molar refractivity (Wildman–Crippen MR) is 56.1 cm³/mol. The molecule has 0 saturated heterocycles. The van der Waals surface area contributed by atoms with Crippen LogP contribution >= 0.6 is 55.1 Å². The maximum atomic E-state index is 5.77. The molecule has 10 heavy (non-hydrogen) atoms. The molecule has 0 aromatic carbocycles. The molecule has 0 atom stereocenters. The van der Waals surface area contributed by atoms with Crippen LogP contribution in [0.4, 0.5) is 0 Å². The van der Waals surface area contributed by atoms with Crippen LogP contribution in [0.2, 0.25) is 0 Å². The van der Waals surface area contributed by atoms with Gasteiger partial charge in [0.1, 0.15) is 0 Å². The van der Waals surface area contributed by atoms with Gasteiger partial charge in [-0.05, 0) is 6.42 Å². The summed E-state index contributed by atoms with van der Waals surface area (Å²) in [6.45, 7) is 0. The topological polar surface area (TPSA) is 0 Å². The molecule has 0 aromatic heterocycles. The highest BCUT2D eigenvalue weighted by molar-refractivity contribution is 9.09. The first kappa shape index (κ1) is 11.5. The first-order chi connectivity index (χ1) is 4.74. The van der Waals surface area contributed by atoms with E-state index in [2.05, 4.69) is 31.9 Å². The highest BCUT2D eigenvalue weighted by Gasteiger charge is 2.25. The van der Waals surface area contributed by atoms with Gasteiger partial charge in [-0.15, -0.1) is 23.2 Å². The molecular formula is C6H10Br2Cl2. The van der Waals surface area contributed by atoms with Crippen LogP contribution in [0.1, 0.15) is 6.42 Å². The largest absolute Gasteiger partial charge is 0.126 e. The second-order valence-corrected chi connectivity index (χ2v) is 4.23. The molecule has 0 aliphatic rings. The maximum absolute atomic E-state index is 5.77. The van der Waals surface area contributed by atoms with E-state index in [-0.39, 0.29) is 5.41 Å². The van der Waals surface area contributed by atoms with Crippen LogP contribution in [0.15, 0.2) is 0 Å². The lowest BCUT2D eigenvalue weighted by Crippen LogP contribution is -2.27. The lowest BCUT2D eigenvalue weighted by atomic mass is 9.93. The molecule has 0 spiro atoms. The van der Waals surface area contributed by atoms with Crippen LogP contribution in [0.3, 0.4) is 0 Å². The van der Waals surface area contributed by atoms with E-state index in [0.717, 1.165) is 17.1 Å². The van der Waals surface area contributed by atoms with E-state index >= 15 is 0 Å². The van der Waals surface area contributed by atoms with Crippen molar-refractivity contribution < 1.29 is 0 Å². The normalized spacial score (nSPS) is 12.0. The fourth-order valence-corrected chi connectivity index (χ4v) is 3.22. The molecule has 0 amide bonds. The number of halogens is 4. The number of hydrogen-bond donors (Lipinski definition) is 0. The van der Waals surface area contributed by atoms with Gasteiger partial charge in [-0.2, -0.15) is 0 Å². The summed E-state index contributed by atoms with van der Waals surface area (Å²) in [7, 11) is 0. The van der Waals surface area contributed by atoms with Crippen molar-refractivity contribution in [2.24, 2.45) is 5.41 Å². The van der Waals surface area contributed by atoms with Crippen molar-refractivity contribution in [3.05, 3.63) is 0 Å². The minimum Gasteiger partial charge on any atom is -0.126 e. The maximum Gasteiger partial charge on any atom is 0.0299 e. The second kappa shape index (κ2) is 6.10. The SMILES string of the molecule is ClCC(CCl)(CBr)CCBr. The van der Waals surface area contributed by atoms with Crippen LogP contribution < -0.4 is 0 Å². The molecule has 0 heterocycles. The first-order valence-electron chi connectivity index (χ1n) is 2.98. The zero-order valence-electron chi connectivity index (χ0n) is 5.55. The summed E-state index contributed by atoms with van der Waals surface area (Å²) in [6, 6.07) is 0. The predicted octanol–water partition coefficient (Wildman–Crippen LogP) is 3.63. The molecule has 4 heteroatoms. The summed E-state index contributed by atoms with van der Waals surface area (Å²) in [4.78, 5) is 0. The zero-order valence-corrected chi connectivity index (χ0v) is 10.2. The zero-order chi connectivity index (χ0) is 8.04. The Hall–Kier alpha value is 1.54. The Morgan fingerprint density at radius 3 is 1.70 bits per heavy atom.